The first kappa shape index (κ1) is 34.0. The highest BCUT2D eigenvalue weighted by Gasteiger charge is 2.30. The van der Waals surface area contributed by atoms with Gasteiger partial charge in [-0.05, 0) is 70.3 Å². The number of rotatable bonds is 2. The summed E-state index contributed by atoms with van der Waals surface area (Å²) in [5.41, 5.74) is 4.96. The highest BCUT2D eigenvalue weighted by molar-refractivity contribution is 6.09. The molecular weight excluding hydrogens is 644 g/mol. The molecule has 0 bridgehead atoms. The number of benzene rings is 4. The zero-order chi connectivity index (χ0) is 35.5. The number of anilines is 4. The molecule has 0 atom stereocenters. The lowest BCUT2D eigenvalue weighted by Crippen LogP contribution is -2.50. The van der Waals surface area contributed by atoms with Crippen LogP contribution >= 0.6 is 0 Å². The van der Waals surface area contributed by atoms with E-state index in [0.717, 1.165) is 55.6 Å². The summed E-state index contributed by atoms with van der Waals surface area (Å²) < 4.78 is 17.9. The van der Waals surface area contributed by atoms with Gasteiger partial charge in [-0.3, -0.25) is 4.79 Å². The topological polar surface area (TPSA) is 98.9 Å². The Bertz CT molecular complexity index is 1890. The van der Waals surface area contributed by atoms with E-state index in [4.69, 9.17) is 14.2 Å². The van der Waals surface area contributed by atoms with Gasteiger partial charge in [0, 0.05) is 64.5 Å². The van der Waals surface area contributed by atoms with Crippen molar-refractivity contribution in [2.75, 3.05) is 79.8 Å². The summed E-state index contributed by atoms with van der Waals surface area (Å²) in [6.45, 7) is 13.0. The second kappa shape index (κ2) is 14.4. The number of amides is 2. The molecule has 266 valence electrons. The van der Waals surface area contributed by atoms with Gasteiger partial charge < -0.3 is 44.4 Å². The van der Waals surface area contributed by atoms with Gasteiger partial charge in [-0.1, -0.05) is 42.5 Å². The number of para-hydroxylation sites is 6. The molecule has 8 rings (SSSR count). The Morgan fingerprint density at radius 1 is 0.686 bits per heavy atom. The van der Waals surface area contributed by atoms with Crippen LogP contribution in [0.2, 0.25) is 0 Å². The van der Waals surface area contributed by atoms with Crippen molar-refractivity contribution in [1.29, 1.82) is 0 Å². The van der Waals surface area contributed by atoms with Crippen LogP contribution in [0.3, 0.4) is 0 Å². The fourth-order valence-corrected chi connectivity index (χ4v) is 6.60. The Kier molecular flexibility index (Phi) is 9.64. The van der Waals surface area contributed by atoms with E-state index in [1.165, 1.54) is 11.3 Å². The number of likely N-dealkylation sites (N-methyl/N-ethyl adjacent to an activating group) is 1. The van der Waals surface area contributed by atoms with Crippen molar-refractivity contribution in [3.05, 3.63) is 96.1 Å². The molecule has 4 aromatic carbocycles. The van der Waals surface area contributed by atoms with E-state index in [0.29, 0.717) is 48.9 Å². The molecule has 0 unspecified atom stereocenters. The Balaban J connectivity index is 0.000000165. The van der Waals surface area contributed by atoms with Crippen molar-refractivity contribution in [2.45, 2.75) is 32.9 Å². The van der Waals surface area contributed by atoms with Gasteiger partial charge in [-0.2, -0.15) is 0 Å². The van der Waals surface area contributed by atoms with Gasteiger partial charge in [-0.25, -0.2) is 4.79 Å². The molecule has 51 heavy (non-hydrogen) atoms. The van der Waals surface area contributed by atoms with Gasteiger partial charge in [0.2, 0.25) is 0 Å². The zero-order valence-electron chi connectivity index (χ0n) is 29.8. The molecule has 0 radical (unpaired) electrons. The van der Waals surface area contributed by atoms with Crippen molar-refractivity contribution in [1.82, 2.24) is 9.80 Å². The van der Waals surface area contributed by atoms with Crippen molar-refractivity contribution in [3.63, 3.8) is 0 Å². The summed E-state index contributed by atoms with van der Waals surface area (Å²) in [6.07, 6.45) is -0.298. The van der Waals surface area contributed by atoms with Gasteiger partial charge in [0.05, 0.1) is 28.3 Å². The van der Waals surface area contributed by atoms with Crippen LogP contribution in [0.4, 0.5) is 27.5 Å². The van der Waals surface area contributed by atoms with Crippen LogP contribution in [0.25, 0.3) is 0 Å². The average molecular weight is 691 g/mol. The monoisotopic (exact) mass is 690 g/mol. The Labute approximate surface area is 299 Å². The maximum Gasteiger partial charge on any atom is 0.410 e. The molecular formula is C40H46N6O5. The first-order chi connectivity index (χ1) is 24.6. The molecule has 2 saturated heterocycles. The predicted molar refractivity (Wildman–Crippen MR) is 201 cm³/mol. The molecule has 0 saturated carbocycles. The molecule has 11 nitrogen and oxygen atoms in total. The summed E-state index contributed by atoms with van der Waals surface area (Å²) in [7, 11) is 2.18. The number of fused-ring (bicyclic) bond motifs is 4. The van der Waals surface area contributed by atoms with E-state index in [1.54, 1.807) is 11.0 Å². The van der Waals surface area contributed by atoms with E-state index in [1.807, 2.05) is 75.4 Å². The van der Waals surface area contributed by atoms with Crippen LogP contribution in [0.1, 0.15) is 36.7 Å². The predicted octanol–water partition coefficient (Wildman–Crippen LogP) is 7.26. The van der Waals surface area contributed by atoms with Gasteiger partial charge in [0.25, 0.3) is 5.91 Å². The van der Waals surface area contributed by atoms with Crippen LogP contribution < -0.4 is 29.9 Å². The molecule has 4 heterocycles. The SMILES string of the molecule is CC(C)(C)OC(=O)N1CCN(c2cccc3c2Oc2ccccc2NC3=O)CC1.CN1CCN(c2cccc3c2Oc2ccccc2NC3)CC1. The highest BCUT2D eigenvalue weighted by atomic mass is 16.6. The largest absolute Gasteiger partial charge is 0.453 e. The summed E-state index contributed by atoms with van der Waals surface area (Å²) in [6, 6.07) is 27.5. The molecule has 2 amide bonds. The van der Waals surface area contributed by atoms with E-state index in [-0.39, 0.29) is 12.0 Å². The minimum atomic E-state index is -0.514. The zero-order valence-corrected chi connectivity index (χ0v) is 29.8. The molecule has 11 heteroatoms. The lowest BCUT2D eigenvalue weighted by atomic mass is 10.1. The summed E-state index contributed by atoms with van der Waals surface area (Å²) >= 11 is 0. The van der Waals surface area contributed by atoms with E-state index in [2.05, 4.69) is 56.6 Å². The first-order valence-corrected chi connectivity index (χ1v) is 17.6. The minimum Gasteiger partial charge on any atom is -0.453 e. The molecule has 4 aliphatic heterocycles. The van der Waals surface area contributed by atoms with E-state index >= 15 is 0 Å². The molecule has 0 aromatic heterocycles. The van der Waals surface area contributed by atoms with Crippen LogP contribution in [-0.4, -0.2) is 86.8 Å². The van der Waals surface area contributed by atoms with Gasteiger partial charge in [-0.15, -0.1) is 0 Å². The van der Waals surface area contributed by atoms with Crippen molar-refractivity contribution < 1.29 is 23.8 Å². The summed E-state index contributed by atoms with van der Waals surface area (Å²) in [5, 5.41) is 6.37. The third kappa shape index (κ3) is 7.68. The molecule has 4 aromatic rings. The number of hydrogen-bond donors (Lipinski definition) is 2. The average Bonchev–Trinajstić information content (AvgIpc) is 3.41. The number of nitrogens with one attached hydrogen (secondary N) is 2. The van der Waals surface area contributed by atoms with Crippen LogP contribution in [0.5, 0.6) is 23.0 Å². The van der Waals surface area contributed by atoms with Gasteiger partial charge >= 0.3 is 6.09 Å². The summed E-state index contributed by atoms with van der Waals surface area (Å²) in [5.74, 6) is 2.87. The first-order valence-electron chi connectivity index (χ1n) is 17.6. The van der Waals surface area contributed by atoms with Gasteiger partial charge in [0.1, 0.15) is 5.60 Å². The maximum absolute atomic E-state index is 12.7. The normalized spacial score (nSPS) is 16.9. The molecule has 4 aliphatic rings. The maximum atomic E-state index is 12.7. The smallest absolute Gasteiger partial charge is 0.410 e. The lowest BCUT2D eigenvalue weighted by Gasteiger charge is -2.37. The fourth-order valence-electron chi connectivity index (χ4n) is 6.60. The number of carbonyl (C=O) groups excluding carboxylic acids is 2. The standard InChI is InChI=1S/C22H25N3O4.C18H21N3O/c1-22(2,3)29-21(27)25-13-11-24(12-14-25)17-9-6-7-15-19(17)28-18-10-5-4-8-16(18)23-20(15)26;1-20-9-11-21(12-10-20)16-7-4-5-14-13-19-15-6-2-3-8-17(15)22-18(14)16/h4-10H,11-14H2,1-3H3,(H,23,26);2-8,19H,9-13H2,1H3. The van der Waals surface area contributed by atoms with Crippen LogP contribution in [0, 0.1) is 0 Å². The van der Waals surface area contributed by atoms with E-state index in [9.17, 15) is 9.59 Å². The fraction of sp³-hybridized carbons (Fsp3) is 0.350. The number of hydrogen-bond acceptors (Lipinski definition) is 9. The van der Waals surface area contributed by atoms with Crippen LogP contribution in [0.15, 0.2) is 84.9 Å². The molecule has 2 fully saturated rings. The van der Waals surface area contributed by atoms with Gasteiger partial charge in [0.15, 0.2) is 23.0 Å². The Morgan fingerprint density at radius 3 is 1.94 bits per heavy atom. The second-order valence-electron chi connectivity index (χ2n) is 14.2. The van der Waals surface area contributed by atoms with Crippen molar-refractivity contribution in [2.24, 2.45) is 0 Å². The minimum absolute atomic E-state index is 0.195. The number of nitrogens with zero attached hydrogens (tertiary/aromatic N) is 4. The number of ether oxygens (including phenoxy) is 3. The lowest BCUT2D eigenvalue weighted by molar-refractivity contribution is 0.0240. The summed E-state index contributed by atoms with van der Waals surface area (Å²) in [4.78, 5) is 33.7. The second-order valence-corrected chi connectivity index (χ2v) is 14.2. The number of piperazine rings is 2. The molecule has 0 spiro atoms. The number of carbonyl (C=O) groups is 2. The Morgan fingerprint density at radius 2 is 1.25 bits per heavy atom. The third-order valence-corrected chi connectivity index (χ3v) is 9.35. The molecule has 2 N–H and O–H groups in total. The Hall–Kier alpha value is -5.42. The third-order valence-electron chi connectivity index (χ3n) is 9.35. The van der Waals surface area contributed by atoms with Crippen LogP contribution in [-0.2, 0) is 11.3 Å². The molecule has 0 aliphatic carbocycles. The highest BCUT2D eigenvalue weighted by Crippen LogP contribution is 2.43. The van der Waals surface area contributed by atoms with E-state index < -0.39 is 5.60 Å². The van der Waals surface area contributed by atoms with Crippen molar-refractivity contribution >= 4 is 34.7 Å². The van der Waals surface area contributed by atoms with Crippen molar-refractivity contribution in [3.8, 4) is 23.0 Å². The quantitative estimate of drug-likeness (QED) is 0.225.